The normalized spacial score (nSPS) is 26.9. The van der Waals surface area contributed by atoms with Gasteiger partial charge in [0.05, 0.1) is 27.4 Å². The third-order valence-electron chi connectivity index (χ3n) is 10.9. The Morgan fingerprint density at radius 3 is 1.60 bits per heavy atom. The molecule has 0 saturated carbocycles. The van der Waals surface area contributed by atoms with Gasteiger partial charge in [-0.2, -0.15) is 15.2 Å². The minimum absolute atomic E-state index is 0.0189. The fraction of sp³-hybridized carbons (Fsp3) is 0.512. The average molecular weight is 1030 g/mol. The molecule has 2 aromatic carbocycles. The number of nitrogens with one attached hydrogen (secondary N) is 2. The molecular formula is C43H61N7O18P2. The first kappa shape index (κ1) is 55.8. The van der Waals surface area contributed by atoms with E-state index in [2.05, 4.69) is 15.2 Å². The number of nitrogens with two attached hydrogens (primary N) is 2. The number of hydrogen-bond donors (Lipinski definition) is 8. The van der Waals surface area contributed by atoms with E-state index in [0.29, 0.717) is 0 Å². The Morgan fingerprint density at radius 2 is 1.19 bits per heavy atom. The van der Waals surface area contributed by atoms with E-state index in [-0.39, 0.29) is 41.5 Å². The van der Waals surface area contributed by atoms with Gasteiger partial charge < -0.3 is 59.9 Å². The van der Waals surface area contributed by atoms with E-state index < -0.39 is 114 Å². The highest BCUT2D eigenvalue weighted by molar-refractivity contribution is 7.52. The molecule has 27 heteroatoms. The van der Waals surface area contributed by atoms with Crippen molar-refractivity contribution in [2.45, 2.75) is 101 Å². The smallest absolute Gasteiger partial charge is 0.459 e. The molecule has 0 bridgehead atoms. The van der Waals surface area contributed by atoms with Crippen LogP contribution in [-0.2, 0) is 51.5 Å². The molecule has 2 saturated heterocycles. The fourth-order valence-corrected chi connectivity index (χ4v) is 10.3. The Balaban J connectivity index is 0.000000261. The summed E-state index contributed by atoms with van der Waals surface area (Å²) in [5.41, 5.74) is 10.4. The SMILES string of the molecule is COC(=O)[C@@H](NP(=O)(OC[C@H]1O[C@@H](N2C=CC(N)CC2=O)[C@H](O)[C@@H]1O)Oc1ccccc1)C(C)C.COC(=O)[C@@H](NP(=O)(OC[C@H]1O[C@@H](n2ccc(N)nc2=O)[C@H](O)[C@@H]1O)Oc1ccccc1)C(C)C. The Kier molecular flexibility index (Phi) is 19.8. The number of rotatable bonds is 20. The monoisotopic (exact) mass is 1030 g/mol. The molecular weight excluding hydrogens is 964 g/mol. The summed E-state index contributed by atoms with van der Waals surface area (Å²) < 4.78 is 71.5. The summed E-state index contributed by atoms with van der Waals surface area (Å²) in [6.45, 7) is 5.87. The van der Waals surface area contributed by atoms with Crippen LogP contribution in [0.4, 0.5) is 5.82 Å². The van der Waals surface area contributed by atoms with Gasteiger partial charge in [-0.25, -0.2) is 13.9 Å². The number of aliphatic hydroxyl groups excluding tert-OH is 4. The van der Waals surface area contributed by atoms with Crippen molar-refractivity contribution in [2.24, 2.45) is 17.6 Å². The molecule has 3 aromatic rings. The maximum atomic E-state index is 13.7. The molecule has 2 fully saturated rings. The summed E-state index contributed by atoms with van der Waals surface area (Å²) in [5.74, 6) is -2.01. The molecule has 1 aromatic heterocycles. The molecule has 25 nitrogen and oxygen atoms in total. The van der Waals surface area contributed by atoms with Crippen molar-refractivity contribution in [3.8, 4) is 11.5 Å². The predicted octanol–water partition coefficient (Wildman–Crippen LogP) is 0.933. The van der Waals surface area contributed by atoms with Crippen LogP contribution in [0.15, 0.2) is 90.0 Å². The first-order valence-electron chi connectivity index (χ1n) is 21.9. The van der Waals surface area contributed by atoms with E-state index in [9.17, 15) is 48.7 Å². The highest BCUT2D eigenvalue weighted by Gasteiger charge is 2.49. The number of anilines is 1. The molecule has 4 heterocycles. The van der Waals surface area contributed by atoms with Crippen LogP contribution in [0.1, 0.15) is 40.3 Å². The largest absolute Gasteiger partial charge is 0.468 e. The molecule has 70 heavy (non-hydrogen) atoms. The van der Waals surface area contributed by atoms with E-state index in [1.165, 1.54) is 32.7 Å². The lowest BCUT2D eigenvalue weighted by molar-refractivity contribution is -0.147. The van der Waals surface area contributed by atoms with Crippen molar-refractivity contribution < 1.29 is 81.0 Å². The van der Waals surface area contributed by atoms with Crippen molar-refractivity contribution in [1.29, 1.82) is 0 Å². The van der Waals surface area contributed by atoms with Gasteiger partial charge in [0.25, 0.3) is 0 Å². The van der Waals surface area contributed by atoms with Crippen LogP contribution in [-0.4, -0.2) is 141 Å². The zero-order chi connectivity index (χ0) is 51.5. The van der Waals surface area contributed by atoms with Gasteiger partial charge in [0, 0.05) is 24.9 Å². The number of hydrogen-bond acceptors (Lipinski definition) is 21. The van der Waals surface area contributed by atoms with Crippen LogP contribution in [0.2, 0.25) is 0 Å². The Morgan fingerprint density at radius 1 is 0.743 bits per heavy atom. The first-order chi connectivity index (χ1) is 33.1. The Labute approximate surface area is 403 Å². The first-order valence-corrected chi connectivity index (χ1v) is 25.0. The number of nitrogen functional groups attached to an aromatic ring is 1. The van der Waals surface area contributed by atoms with Gasteiger partial charge in [-0.3, -0.25) is 32.9 Å². The van der Waals surface area contributed by atoms with Crippen LogP contribution in [0.3, 0.4) is 0 Å². The maximum absolute atomic E-state index is 13.7. The zero-order valence-corrected chi connectivity index (χ0v) is 40.9. The van der Waals surface area contributed by atoms with Crippen LogP contribution in [0.5, 0.6) is 11.5 Å². The topological polar surface area (TPSA) is 354 Å². The highest BCUT2D eigenvalue weighted by atomic mass is 31.2. The summed E-state index contributed by atoms with van der Waals surface area (Å²) in [5, 5.41) is 47.1. The van der Waals surface area contributed by atoms with Gasteiger partial charge in [-0.1, -0.05) is 70.2 Å². The minimum Gasteiger partial charge on any atom is -0.468 e. The van der Waals surface area contributed by atoms with Crippen molar-refractivity contribution in [1.82, 2.24) is 24.6 Å². The number of nitrogens with zero attached hydrogens (tertiary/aromatic N) is 3. The number of para-hydroxylation sites is 2. The van der Waals surface area contributed by atoms with Gasteiger partial charge >= 0.3 is 33.1 Å². The number of carbonyl (C=O) groups excluding carboxylic acids is 3. The van der Waals surface area contributed by atoms with E-state index in [4.69, 9.17) is 48.5 Å². The maximum Gasteiger partial charge on any atom is 0.459 e. The second-order valence-corrected chi connectivity index (χ2v) is 20.2. The van der Waals surface area contributed by atoms with Crippen molar-refractivity contribution >= 4 is 39.2 Å². The molecule has 3 unspecified atom stereocenters. The lowest BCUT2D eigenvalue weighted by Gasteiger charge is -2.31. The molecule has 0 spiro atoms. The van der Waals surface area contributed by atoms with Gasteiger partial charge in [0.1, 0.15) is 66.0 Å². The minimum atomic E-state index is -4.25. The van der Waals surface area contributed by atoms with Crippen molar-refractivity contribution in [2.75, 3.05) is 33.2 Å². The molecule has 13 atom stereocenters. The standard InChI is InChI=1S/C22H32N3O9P.C21H29N4O9P/c1-13(2)18(22(29)31-3)24-35(30,34-15-7-5-4-6-8-15)32-12-16-19(27)20(28)21(33-16)25-10-9-14(23)11-17(25)26;1-12(2)16(20(28)31-3)24-35(30,34-13-7-5-4-6-8-13)32-11-14-17(26)18(27)19(33-14)25-10-9-15(22)23-21(25)29/h4-10,13-14,16,18-21,27-28H,11-12,23H2,1-3H3,(H,24,30);4-10,12,14,16-19,26-27H,11H2,1-3H3,(H,24,30)(H2,22,23,29)/t14?,16-,18+,19-,20-,21-,35?;14-,16+,17-,18-,19-,35?/m11/s1. The molecule has 6 rings (SSSR count). The van der Waals surface area contributed by atoms with Crippen LogP contribution >= 0.6 is 15.5 Å². The molecule has 3 aliphatic heterocycles. The summed E-state index contributed by atoms with van der Waals surface area (Å²) in [4.78, 5) is 53.7. The molecule has 1 amide bonds. The zero-order valence-electron chi connectivity index (χ0n) is 39.1. The van der Waals surface area contributed by atoms with Crippen LogP contribution < -0.4 is 36.4 Å². The molecule has 0 aliphatic carbocycles. The predicted molar refractivity (Wildman–Crippen MR) is 247 cm³/mol. The number of esters is 2. The second kappa shape index (κ2) is 24.8. The van der Waals surface area contributed by atoms with Gasteiger partial charge in [0.15, 0.2) is 12.5 Å². The summed E-state index contributed by atoms with van der Waals surface area (Å²) in [6.07, 6.45) is -6.50. The fourth-order valence-electron chi connectivity index (χ4n) is 7.01. The number of ether oxygens (including phenoxy) is 4. The number of carbonyl (C=O) groups is 3. The van der Waals surface area contributed by atoms with E-state index >= 15 is 0 Å². The van der Waals surface area contributed by atoms with E-state index in [1.807, 2.05) is 0 Å². The molecule has 386 valence electrons. The van der Waals surface area contributed by atoms with E-state index in [0.717, 1.165) is 9.47 Å². The molecule has 3 aliphatic rings. The number of methoxy groups -OCH3 is 2. The number of benzene rings is 2. The van der Waals surface area contributed by atoms with Gasteiger partial charge in [-0.05, 0) is 42.2 Å². The molecule has 0 radical (unpaired) electrons. The average Bonchev–Trinajstić information content (AvgIpc) is 3.77. The van der Waals surface area contributed by atoms with E-state index in [1.54, 1.807) is 94.4 Å². The third kappa shape index (κ3) is 14.5. The quantitative estimate of drug-likeness (QED) is 0.0576. The number of aliphatic hydroxyl groups is 4. The van der Waals surface area contributed by atoms with Crippen molar-refractivity contribution in [3.63, 3.8) is 0 Å². The lowest BCUT2D eigenvalue weighted by atomic mass is 10.1. The number of aromatic nitrogens is 2. The number of amides is 1. The van der Waals surface area contributed by atoms with Crippen molar-refractivity contribution in [3.05, 3.63) is 95.7 Å². The van der Waals surface area contributed by atoms with Gasteiger partial charge in [-0.15, -0.1) is 0 Å². The summed E-state index contributed by atoms with van der Waals surface area (Å²) >= 11 is 0. The molecule has 10 N–H and O–H groups in total. The van der Waals surface area contributed by atoms with Crippen LogP contribution in [0.25, 0.3) is 0 Å². The summed E-state index contributed by atoms with van der Waals surface area (Å²) in [6, 6.07) is 15.1. The van der Waals surface area contributed by atoms with Gasteiger partial charge in [0.2, 0.25) is 5.91 Å². The third-order valence-corrected chi connectivity index (χ3v) is 13.9. The highest BCUT2D eigenvalue weighted by Crippen LogP contribution is 2.48. The Bertz CT molecular complexity index is 2400. The van der Waals surface area contributed by atoms with Crippen LogP contribution in [0, 0.1) is 11.8 Å². The second-order valence-electron chi connectivity index (χ2n) is 16.8. The summed E-state index contributed by atoms with van der Waals surface area (Å²) in [7, 11) is -6.07. The lowest BCUT2D eigenvalue weighted by Crippen LogP contribution is -2.47. The Hall–Kier alpha value is -5.11.